The smallest absolute Gasteiger partial charge is 0.0188 e. The van der Waals surface area contributed by atoms with E-state index in [1.54, 1.807) is 5.56 Å². The molecule has 1 aliphatic rings. The molecule has 0 N–H and O–H groups in total. The second kappa shape index (κ2) is 7.47. The average Bonchev–Trinajstić information content (AvgIpc) is 2.39. The molecule has 0 spiro atoms. The fourth-order valence-corrected chi connectivity index (χ4v) is 4.33. The minimum atomic E-state index is 0.619. The van der Waals surface area contributed by atoms with Gasteiger partial charge >= 0.3 is 0 Å². The molecule has 19 heavy (non-hydrogen) atoms. The van der Waals surface area contributed by atoms with Crippen LogP contribution in [0.15, 0.2) is 24.3 Å². The van der Waals surface area contributed by atoms with Crippen molar-refractivity contribution in [3.05, 3.63) is 35.4 Å². The van der Waals surface area contributed by atoms with Crippen molar-refractivity contribution in [2.75, 3.05) is 0 Å². The lowest BCUT2D eigenvalue weighted by Crippen LogP contribution is -2.07. The summed E-state index contributed by atoms with van der Waals surface area (Å²) in [5.41, 5.74) is 3.04. The SMILES string of the molecule is CC(C)CC(Br)Cc1ccc(C2CCCCC2)cc1. The van der Waals surface area contributed by atoms with Gasteiger partial charge in [-0.3, -0.25) is 0 Å². The second-order valence-corrected chi connectivity index (χ2v) is 7.80. The van der Waals surface area contributed by atoms with E-state index in [0.717, 1.165) is 18.3 Å². The molecule has 1 fully saturated rings. The van der Waals surface area contributed by atoms with Gasteiger partial charge in [0.1, 0.15) is 0 Å². The molecule has 0 saturated heterocycles. The fraction of sp³-hybridized carbons (Fsp3) is 0.667. The quantitative estimate of drug-likeness (QED) is 0.575. The molecule has 1 unspecified atom stereocenters. The van der Waals surface area contributed by atoms with Crippen LogP contribution in [0.4, 0.5) is 0 Å². The summed E-state index contributed by atoms with van der Waals surface area (Å²) in [4.78, 5) is 0.619. The molecule has 1 atom stereocenters. The van der Waals surface area contributed by atoms with Crippen molar-refractivity contribution in [2.24, 2.45) is 5.92 Å². The lowest BCUT2D eigenvalue weighted by molar-refractivity contribution is 0.443. The molecule has 0 amide bonds. The second-order valence-electron chi connectivity index (χ2n) is 6.51. The monoisotopic (exact) mass is 322 g/mol. The summed E-state index contributed by atoms with van der Waals surface area (Å²) in [6.45, 7) is 4.58. The van der Waals surface area contributed by atoms with Gasteiger partial charge in [-0.2, -0.15) is 0 Å². The molecule has 0 bridgehead atoms. The van der Waals surface area contributed by atoms with Gasteiger partial charge in [-0.1, -0.05) is 73.3 Å². The molecule has 0 radical (unpaired) electrons. The van der Waals surface area contributed by atoms with E-state index in [1.165, 1.54) is 44.1 Å². The van der Waals surface area contributed by atoms with Crippen molar-refractivity contribution >= 4 is 15.9 Å². The van der Waals surface area contributed by atoms with Crippen LogP contribution in [0.2, 0.25) is 0 Å². The zero-order valence-electron chi connectivity index (χ0n) is 12.4. The highest BCUT2D eigenvalue weighted by atomic mass is 79.9. The van der Waals surface area contributed by atoms with Crippen molar-refractivity contribution in [3.63, 3.8) is 0 Å². The highest BCUT2D eigenvalue weighted by molar-refractivity contribution is 9.09. The van der Waals surface area contributed by atoms with Gasteiger partial charge in [0.15, 0.2) is 0 Å². The molecule has 1 saturated carbocycles. The number of hydrogen-bond donors (Lipinski definition) is 0. The third kappa shape index (κ3) is 4.95. The Morgan fingerprint density at radius 3 is 2.26 bits per heavy atom. The maximum atomic E-state index is 3.81. The number of alkyl halides is 1. The normalized spacial score (nSPS) is 18.7. The molecule has 1 aromatic rings. The number of hydrogen-bond acceptors (Lipinski definition) is 0. The van der Waals surface area contributed by atoms with Gasteiger partial charge in [-0.15, -0.1) is 0 Å². The van der Waals surface area contributed by atoms with Crippen LogP contribution in [0.5, 0.6) is 0 Å². The van der Waals surface area contributed by atoms with Crippen molar-refractivity contribution in [1.29, 1.82) is 0 Å². The van der Waals surface area contributed by atoms with E-state index >= 15 is 0 Å². The minimum Gasteiger partial charge on any atom is -0.0887 e. The third-order valence-electron chi connectivity index (χ3n) is 4.24. The maximum Gasteiger partial charge on any atom is 0.0188 e. The van der Waals surface area contributed by atoms with E-state index in [4.69, 9.17) is 0 Å². The van der Waals surface area contributed by atoms with Crippen molar-refractivity contribution in [1.82, 2.24) is 0 Å². The van der Waals surface area contributed by atoms with E-state index in [9.17, 15) is 0 Å². The highest BCUT2D eigenvalue weighted by Crippen LogP contribution is 2.32. The molecule has 2 rings (SSSR count). The molecular weight excluding hydrogens is 296 g/mol. The van der Waals surface area contributed by atoms with Crippen LogP contribution in [-0.4, -0.2) is 4.83 Å². The van der Waals surface area contributed by atoms with Gasteiger partial charge in [0.05, 0.1) is 0 Å². The molecule has 0 aromatic heterocycles. The van der Waals surface area contributed by atoms with E-state index in [-0.39, 0.29) is 0 Å². The molecule has 1 aromatic carbocycles. The van der Waals surface area contributed by atoms with E-state index < -0.39 is 0 Å². The Balaban J connectivity index is 1.90. The Bertz CT molecular complexity index is 360. The predicted molar refractivity (Wildman–Crippen MR) is 88.1 cm³/mol. The number of benzene rings is 1. The zero-order chi connectivity index (χ0) is 13.7. The lowest BCUT2D eigenvalue weighted by Gasteiger charge is -2.22. The van der Waals surface area contributed by atoms with Crippen LogP contribution in [0.3, 0.4) is 0 Å². The minimum absolute atomic E-state index is 0.619. The first-order valence-corrected chi connectivity index (χ1v) is 8.79. The maximum absolute atomic E-state index is 3.81. The summed E-state index contributed by atoms with van der Waals surface area (Å²) in [7, 11) is 0. The molecule has 0 heterocycles. The van der Waals surface area contributed by atoms with Gasteiger partial charge in [-0.05, 0) is 48.6 Å². The first-order chi connectivity index (χ1) is 9.15. The Labute approximate surface area is 127 Å². The van der Waals surface area contributed by atoms with E-state index in [1.807, 2.05) is 0 Å². The standard InChI is InChI=1S/C18H27Br/c1-14(2)12-18(19)13-15-8-10-17(11-9-15)16-6-4-3-5-7-16/h8-11,14,16,18H,3-7,12-13H2,1-2H3. The van der Waals surface area contributed by atoms with Gasteiger partial charge in [0, 0.05) is 4.83 Å². The van der Waals surface area contributed by atoms with Crippen LogP contribution >= 0.6 is 15.9 Å². The molecule has 106 valence electrons. The summed E-state index contributed by atoms with van der Waals surface area (Å²) in [5, 5.41) is 0. The van der Waals surface area contributed by atoms with E-state index in [0.29, 0.717) is 4.83 Å². The molecule has 0 aliphatic heterocycles. The molecule has 1 heteroatoms. The van der Waals surface area contributed by atoms with Crippen LogP contribution in [0.1, 0.15) is 69.4 Å². The van der Waals surface area contributed by atoms with Gasteiger partial charge < -0.3 is 0 Å². The first kappa shape index (κ1) is 15.1. The largest absolute Gasteiger partial charge is 0.0887 e. The Hall–Kier alpha value is -0.300. The summed E-state index contributed by atoms with van der Waals surface area (Å²) in [6.07, 6.45) is 9.48. The fourth-order valence-electron chi connectivity index (χ4n) is 3.21. The van der Waals surface area contributed by atoms with Crippen LogP contribution < -0.4 is 0 Å². The zero-order valence-corrected chi connectivity index (χ0v) is 14.0. The van der Waals surface area contributed by atoms with Crippen molar-refractivity contribution in [3.8, 4) is 0 Å². The van der Waals surface area contributed by atoms with Gasteiger partial charge in [-0.25, -0.2) is 0 Å². The Morgan fingerprint density at radius 1 is 1.05 bits per heavy atom. The predicted octanol–water partition coefficient (Wildman–Crippen LogP) is 6.09. The highest BCUT2D eigenvalue weighted by Gasteiger charge is 2.15. The summed E-state index contributed by atoms with van der Waals surface area (Å²) in [5.74, 6) is 1.60. The molecule has 0 nitrogen and oxygen atoms in total. The van der Waals surface area contributed by atoms with E-state index in [2.05, 4.69) is 54.0 Å². The lowest BCUT2D eigenvalue weighted by atomic mass is 9.84. The topological polar surface area (TPSA) is 0 Å². The van der Waals surface area contributed by atoms with Crippen molar-refractivity contribution < 1.29 is 0 Å². The average molecular weight is 323 g/mol. The van der Waals surface area contributed by atoms with Gasteiger partial charge in [0.25, 0.3) is 0 Å². The first-order valence-electron chi connectivity index (χ1n) is 7.88. The van der Waals surface area contributed by atoms with Crippen LogP contribution in [-0.2, 0) is 6.42 Å². The Morgan fingerprint density at radius 2 is 1.68 bits per heavy atom. The summed E-state index contributed by atoms with van der Waals surface area (Å²) >= 11 is 3.81. The van der Waals surface area contributed by atoms with Crippen LogP contribution in [0.25, 0.3) is 0 Å². The Kier molecular flexibility index (Phi) is 5.94. The third-order valence-corrected chi connectivity index (χ3v) is 4.94. The molecule has 1 aliphatic carbocycles. The van der Waals surface area contributed by atoms with Crippen molar-refractivity contribution in [2.45, 2.75) is 69.5 Å². The molecular formula is C18H27Br. The summed E-state index contributed by atoms with van der Waals surface area (Å²) in [6, 6.07) is 9.44. The van der Waals surface area contributed by atoms with Crippen LogP contribution in [0, 0.1) is 5.92 Å². The number of rotatable bonds is 5. The number of halogens is 1. The summed E-state index contributed by atoms with van der Waals surface area (Å²) < 4.78 is 0. The van der Waals surface area contributed by atoms with Gasteiger partial charge in [0.2, 0.25) is 0 Å².